The Morgan fingerprint density at radius 2 is 1.90 bits per heavy atom. The van der Waals surface area contributed by atoms with Gasteiger partial charge in [-0.3, -0.25) is 4.79 Å². The predicted octanol–water partition coefficient (Wildman–Crippen LogP) is 2.36. The van der Waals surface area contributed by atoms with E-state index >= 15 is 0 Å². The normalized spacial score (nSPS) is 14.2. The van der Waals surface area contributed by atoms with E-state index < -0.39 is 11.7 Å². The Morgan fingerprint density at radius 3 is 2.43 bits per heavy atom. The van der Waals surface area contributed by atoms with Gasteiger partial charge in [0.1, 0.15) is 18.3 Å². The van der Waals surface area contributed by atoms with Crippen molar-refractivity contribution in [2.45, 2.75) is 59.2 Å². The molecule has 0 saturated heterocycles. The molecule has 0 radical (unpaired) electrons. The summed E-state index contributed by atoms with van der Waals surface area (Å²) in [4.78, 5) is 10.6. The lowest BCUT2D eigenvalue weighted by molar-refractivity contribution is -0.139. The number of ether oxygens (including phenoxy) is 1. The first-order valence-corrected chi connectivity index (χ1v) is 7.00. The average Bonchev–Trinajstić information content (AvgIpc) is 2.34. The van der Waals surface area contributed by atoms with Gasteiger partial charge in [-0.05, 0) is 52.2 Å². The van der Waals surface area contributed by atoms with Crippen LogP contribution < -0.4 is 0 Å². The van der Waals surface area contributed by atoms with E-state index in [-0.39, 0.29) is 5.97 Å². The molecule has 1 unspecified atom stereocenters. The Bertz CT molecular complexity index is 455. The third-order valence-electron chi connectivity index (χ3n) is 2.67. The van der Waals surface area contributed by atoms with Gasteiger partial charge in [-0.15, -0.1) is 0 Å². The van der Waals surface area contributed by atoms with Gasteiger partial charge < -0.3 is 14.9 Å². The van der Waals surface area contributed by atoms with Crippen LogP contribution in [0.3, 0.4) is 0 Å². The summed E-state index contributed by atoms with van der Waals surface area (Å²) < 4.78 is 4.83. The van der Waals surface area contributed by atoms with Gasteiger partial charge in [0.25, 0.3) is 0 Å². The van der Waals surface area contributed by atoms with Crippen molar-refractivity contribution in [1.29, 1.82) is 0 Å². The van der Waals surface area contributed by atoms with Crippen molar-refractivity contribution in [3.05, 3.63) is 23.3 Å². The van der Waals surface area contributed by atoms with E-state index in [1.807, 2.05) is 26.0 Å². The SMILES string of the molecule is CC(=O)OC/C=C(\C)CC/C=C(\C)C(O)C#CC(C)(C)O. The highest BCUT2D eigenvalue weighted by atomic mass is 16.5. The molecular weight excluding hydrogens is 268 g/mol. The molecular formula is C17H26O4. The lowest BCUT2D eigenvalue weighted by Crippen LogP contribution is -2.16. The standard InChI is InChI=1S/C17H26O4/c1-13(10-12-21-15(3)18)7-6-8-14(2)16(19)9-11-17(4,5)20/h8,10,16,19-20H,6-7,12H2,1-5H3/b13-10+,14-8+. The van der Waals surface area contributed by atoms with Crippen LogP contribution in [-0.2, 0) is 9.53 Å². The minimum Gasteiger partial charge on any atom is -0.462 e. The second kappa shape index (κ2) is 9.38. The molecule has 2 N–H and O–H groups in total. The average molecular weight is 294 g/mol. The summed E-state index contributed by atoms with van der Waals surface area (Å²) >= 11 is 0. The molecule has 0 aromatic carbocycles. The number of hydrogen-bond acceptors (Lipinski definition) is 4. The van der Waals surface area contributed by atoms with Crippen LogP contribution >= 0.6 is 0 Å². The molecule has 0 aliphatic carbocycles. The molecule has 0 bridgehead atoms. The molecule has 0 rings (SSSR count). The summed E-state index contributed by atoms with van der Waals surface area (Å²) in [5.41, 5.74) is 0.786. The molecule has 0 fully saturated rings. The Balaban J connectivity index is 4.28. The van der Waals surface area contributed by atoms with Gasteiger partial charge in [-0.25, -0.2) is 0 Å². The monoisotopic (exact) mass is 294 g/mol. The fourth-order valence-corrected chi connectivity index (χ4v) is 1.40. The maximum absolute atomic E-state index is 10.6. The molecule has 118 valence electrons. The molecule has 0 aromatic rings. The molecule has 4 nitrogen and oxygen atoms in total. The maximum atomic E-state index is 10.6. The van der Waals surface area contributed by atoms with E-state index in [0.717, 1.165) is 24.0 Å². The maximum Gasteiger partial charge on any atom is 0.302 e. The van der Waals surface area contributed by atoms with Gasteiger partial charge in [0.2, 0.25) is 0 Å². The van der Waals surface area contributed by atoms with Crippen LogP contribution in [0.4, 0.5) is 0 Å². The Hall–Kier alpha value is -1.57. The van der Waals surface area contributed by atoms with E-state index in [4.69, 9.17) is 4.74 Å². The summed E-state index contributed by atoms with van der Waals surface area (Å²) in [6.45, 7) is 8.60. The summed E-state index contributed by atoms with van der Waals surface area (Å²) in [5, 5.41) is 19.3. The minimum absolute atomic E-state index is 0.289. The number of allylic oxidation sites excluding steroid dienone is 2. The number of esters is 1. The second-order valence-corrected chi connectivity index (χ2v) is 5.57. The zero-order valence-corrected chi connectivity index (χ0v) is 13.6. The smallest absolute Gasteiger partial charge is 0.302 e. The van der Waals surface area contributed by atoms with Crippen molar-refractivity contribution in [3.63, 3.8) is 0 Å². The first-order chi connectivity index (χ1) is 9.61. The minimum atomic E-state index is -1.10. The highest BCUT2D eigenvalue weighted by Gasteiger charge is 2.08. The third-order valence-corrected chi connectivity index (χ3v) is 2.67. The topological polar surface area (TPSA) is 66.8 Å². The highest BCUT2D eigenvalue weighted by Crippen LogP contribution is 2.09. The largest absolute Gasteiger partial charge is 0.462 e. The Kier molecular flexibility index (Phi) is 8.68. The van der Waals surface area contributed by atoms with E-state index in [0.29, 0.717) is 6.61 Å². The molecule has 0 amide bonds. The number of aliphatic hydroxyl groups is 2. The quantitative estimate of drug-likeness (QED) is 0.448. The van der Waals surface area contributed by atoms with Crippen LogP contribution in [0.5, 0.6) is 0 Å². The fourth-order valence-electron chi connectivity index (χ4n) is 1.40. The summed E-state index contributed by atoms with van der Waals surface area (Å²) in [7, 11) is 0. The molecule has 0 aliphatic heterocycles. The molecule has 4 heteroatoms. The molecule has 0 aromatic heterocycles. The first kappa shape index (κ1) is 19.4. The van der Waals surface area contributed by atoms with E-state index in [1.54, 1.807) is 13.8 Å². The van der Waals surface area contributed by atoms with Gasteiger partial charge in [0, 0.05) is 6.92 Å². The van der Waals surface area contributed by atoms with Crippen molar-refractivity contribution >= 4 is 5.97 Å². The van der Waals surface area contributed by atoms with Crippen molar-refractivity contribution in [2.75, 3.05) is 6.61 Å². The predicted molar refractivity (Wildman–Crippen MR) is 83.5 cm³/mol. The molecule has 0 heterocycles. The number of rotatable bonds is 6. The number of carbonyl (C=O) groups excluding carboxylic acids is 1. The first-order valence-electron chi connectivity index (χ1n) is 7.00. The van der Waals surface area contributed by atoms with Gasteiger partial charge >= 0.3 is 5.97 Å². The molecule has 0 aliphatic rings. The van der Waals surface area contributed by atoms with Crippen LogP contribution in [0.15, 0.2) is 23.3 Å². The van der Waals surface area contributed by atoms with Crippen molar-refractivity contribution in [3.8, 4) is 11.8 Å². The molecule has 0 spiro atoms. The Morgan fingerprint density at radius 1 is 1.29 bits per heavy atom. The van der Waals surface area contributed by atoms with Gasteiger partial charge in [0.05, 0.1) is 0 Å². The van der Waals surface area contributed by atoms with Crippen molar-refractivity contribution in [2.24, 2.45) is 0 Å². The van der Waals surface area contributed by atoms with E-state index in [1.165, 1.54) is 6.92 Å². The highest BCUT2D eigenvalue weighted by molar-refractivity contribution is 5.66. The van der Waals surface area contributed by atoms with Crippen molar-refractivity contribution < 1.29 is 19.7 Å². The molecule has 1 atom stereocenters. The lowest BCUT2D eigenvalue weighted by Gasteiger charge is -2.08. The summed E-state index contributed by atoms with van der Waals surface area (Å²) in [5.74, 6) is 4.93. The Labute approximate surface area is 127 Å². The fraction of sp³-hybridized carbons (Fsp3) is 0.588. The number of hydrogen-bond donors (Lipinski definition) is 2. The zero-order valence-electron chi connectivity index (χ0n) is 13.6. The summed E-state index contributed by atoms with van der Waals surface area (Å²) in [6, 6.07) is 0. The van der Waals surface area contributed by atoms with Crippen LogP contribution in [0, 0.1) is 11.8 Å². The van der Waals surface area contributed by atoms with Gasteiger partial charge in [-0.2, -0.15) is 0 Å². The zero-order chi connectivity index (χ0) is 16.5. The third kappa shape index (κ3) is 11.9. The number of aliphatic hydroxyl groups excluding tert-OH is 1. The van der Waals surface area contributed by atoms with Crippen LogP contribution in [-0.4, -0.2) is 34.5 Å². The van der Waals surface area contributed by atoms with Crippen LogP contribution in [0.2, 0.25) is 0 Å². The van der Waals surface area contributed by atoms with E-state index in [9.17, 15) is 15.0 Å². The van der Waals surface area contributed by atoms with Crippen LogP contribution in [0.25, 0.3) is 0 Å². The summed E-state index contributed by atoms with van der Waals surface area (Å²) in [6.07, 6.45) is 4.53. The van der Waals surface area contributed by atoms with Gasteiger partial charge in [-0.1, -0.05) is 23.5 Å². The van der Waals surface area contributed by atoms with Gasteiger partial charge in [0.15, 0.2) is 0 Å². The van der Waals surface area contributed by atoms with E-state index in [2.05, 4.69) is 11.8 Å². The number of carbonyl (C=O) groups is 1. The van der Waals surface area contributed by atoms with Crippen LogP contribution in [0.1, 0.15) is 47.5 Å². The molecule has 0 saturated carbocycles. The molecule has 21 heavy (non-hydrogen) atoms. The second-order valence-electron chi connectivity index (χ2n) is 5.57. The lowest BCUT2D eigenvalue weighted by atomic mass is 10.1. The van der Waals surface area contributed by atoms with Crippen molar-refractivity contribution in [1.82, 2.24) is 0 Å².